The minimum atomic E-state index is -3.76. The van der Waals surface area contributed by atoms with E-state index in [-0.39, 0.29) is 11.5 Å². The van der Waals surface area contributed by atoms with Crippen molar-refractivity contribution in [2.24, 2.45) is 0 Å². The van der Waals surface area contributed by atoms with Crippen LogP contribution in [0.1, 0.15) is 39.0 Å². The Morgan fingerprint density at radius 3 is 1.50 bits per heavy atom. The van der Waals surface area contributed by atoms with Gasteiger partial charge in [-0.3, -0.25) is 9.11 Å². The van der Waals surface area contributed by atoms with E-state index in [9.17, 15) is 16.8 Å². The van der Waals surface area contributed by atoms with Gasteiger partial charge in [0, 0.05) is 5.88 Å². The van der Waals surface area contributed by atoms with E-state index in [1.54, 1.807) is 0 Å². The van der Waals surface area contributed by atoms with Crippen molar-refractivity contribution in [2.75, 3.05) is 17.4 Å². The molecule has 0 saturated heterocycles. The van der Waals surface area contributed by atoms with Crippen molar-refractivity contribution in [2.45, 2.75) is 39.0 Å². The molecule has 0 bridgehead atoms. The molecule has 0 saturated carbocycles. The quantitative estimate of drug-likeness (QED) is 0.401. The maximum Gasteiger partial charge on any atom is 0.264 e. The van der Waals surface area contributed by atoms with Gasteiger partial charge in [-0.15, -0.1) is 11.6 Å². The van der Waals surface area contributed by atoms with Crippen LogP contribution < -0.4 is 0 Å². The molecular weight excluding hydrogens is 304 g/mol. The van der Waals surface area contributed by atoms with E-state index in [2.05, 4.69) is 0 Å². The molecule has 0 aromatic rings. The zero-order chi connectivity index (χ0) is 14.7. The summed E-state index contributed by atoms with van der Waals surface area (Å²) in [4.78, 5) is 0. The summed E-state index contributed by atoms with van der Waals surface area (Å²) in [6.45, 7) is 1.98. The van der Waals surface area contributed by atoms with Crippen LogP contribution in [0, 0.1) is 0 Å². The van der Waals surface area contributed by atoms with Crippen molar-refractivity contribution in [1.29, 1.82) is 0 Å². The summed E-state index contributed by atoms with van der Waals surface area (Å²) in [5, 5.41) is 0. The number of hydrogen-bond donors (Lipinski definition) is 2. The molecule has 0 amide bonds. The lowest BCUT2D eigenvalue weighted by molar-refractivity contribution is 0.478. The van der Waals surface area contributed by atoms with Crippen LogP contribution in [-0.2, 0) is 20.2 Å². The van der Waals surface area contributed by atoms with Crippen molar-refractivity contribution in [3.05, 3.63) is 0 Å². The van der Waals surface area contributed by atoms with Crippen molar-refractivity contribution in [3.8, 4) is 0 Å². The largest absolute Gasteiger partial charge is 0.286 e. The van der Waals surface area contributed by atoms with E-state index in [4.69, 9.17) is 20.7 Å². The van der Waals surface area contributed by atoms with Gasteiger partial charge in [-0.2, -0.15) is 16.8 Å². The van der Waals surface area contributed by atoms with Gasteiger partial charge in [0.2, 0.25) is 0 Å². The highest BCUT2D eigenvalue weighted by atomic mass is 35.5. The maximum atomic E-state index is 10.1. The van der Waals surface area contributed by atoms with Crippen LogP contribution in [0.2, 0.25) is 0 Å². The van der Waals surface area contributed by atoms with E-state index in [0.717, 1.165) is 12.8 Å². The maximum absolute atomic E-state index is 10.1. The van der Waals surface area contributed by atoms with Crippen LogP contribution in [0.15, 0.2) is 0 Å². The molecule has 18 heavy (non-hydrogen) atoms. The molecule has 0 aromatic carbocycles. The monoisotopic (exact) mass is 324 g/mol. The Hall–Kier alpha value is 0.110. The van der Waals surface area contributed by atoms with E-state index < -0.39 is 20.2 Å². The normalized spacial score (nSPS) is 11.8. The molecule has 0 aliphatic carbocycles. The minimum Gasteiger partial charge on any atom is -0.286 e. The molecule has 0 rings (SSSR count). The van der Waals surface area contributed by atoms with Crippen LogP contribution in [0.4, 0.5) is 0 Å². The second kappa shape index (κ2) is 11.0. The number of halogens is 1. The summed E-state index contributed by atoms with van der Waals surface area (Å²) in [7, 11) is -7.45. The molecule has 0 heterocycles. The topological polar surface area (TPSA) is 109 Å². The standard InChI is InChI=1S/C5H12O3S.C4H9ClO3S/c1-2-3-4-5-9(6,7)8;5-3-1-2-4-9(6,7)8/h2-5H2,1H3,(H,6,7,8);1-4H2,(H,6,7,8). The second-order valence-electron chi connectivity index (χ2n) is 3.68. The molecule has 112 valence electrons. The van der Waals surface area contributed by atoms with Gasteiger partial charge in [-0.1, -0.05) is 19.8 Å². The fraction of sp³-hybridized carbons (Fsp3) is 1.00. The molecule has 0 fully saturated rings. The third kappa shape index (κ3) is 25.1. The number of unbranched alkanes of at least 4 members (excludes halogenated alkanes) is 3. The Morgan fingerprint density at radius 2 is 1.22 bits per heavy atom. The lowest BCUT2D eigenvalue weighted by Crippen LogP contribution is -2.03. The van der Waals surface area contributed by atoms with Crippen LogP contribution in [0.3, 0.4) is 0 Å². The first kappa shape index (κ1) is 20.4. The van der Waals surface area contributed by atoms with Crippen molar-refractivity contribution >= 4 is 31.8 Å². The average molecular weight is 325 g/mol. The van der Waals surface area contributed by atoms with Gasteiger partial charge in [0.1, 0.15) is 0 Å². The SMILES string of the molecule is CCCCCS(=O)(=O)O.O=S(=O)(O)CCCCCl. The number of hydrogen-bond acceptors (Lipinski definition) is 4. The third-order valence-electron chi connectivity index (χ3n) is 1.79. The highest BCUT2D eigenvalue weighted by Gasteiger charge is 2.02. The third-order valence-corrected chi connectivity index (χ3v) is 3.67. The molecule has 0 aromatic heterocycles. The highest BCUT2D eigenvalue weighted by Crippen LogP contribution is 1.96. The number of rotatable bonds is 8. The van der Waals surface area contributed by atoms with E-state index >= 15 is 0 Å². The Balaban J connectivity index is 0. The van der Waals surface area contributed by atoms with Crippen LogP contribution in [0.5, 0.6) is 0 Å². The van der Waals surface area contributed by atoms with Gasteiger partial charge in [0.15, 0.2) is 0 Å². The molecule has 0 spiro atoms. The number of alkyl halides is 1. The molecular formula is C9H21ClO6S2. The van der Waals surface area contributed by atoms with Gasteiger partial charge in [-0.25, -0.2) is 0 Å². The zero-order valence-corrected chi connectivity index (χ0v) is 12.8. The summed E-state index contributed by atoms with van der Waals surface area (Å²) in [5.74, 6) is 0.163. The first-order chi connectivity index (χ1) is 8.12. The fourth-order valence-electron chi connectivity index (χ4n) is 0.913. The van der Waals surface area contributed by atoms with Gasteiger partial charge in [-0.05, 0) is 19.3 Å². The Kier molecular flexibility index (Phi) is 12.5. The zero-order valence-electron chi connectivity index (χ0n) is 10.4. The van der Waals surface area contributed by atoms with E-state index in [0.29, 0.717) is 25.1 Å². The van der Waals surface area contributed by atoms with Gasteiger partial charge in [0.05, 0.1) is 11.5 Å². The highest BCUT2D eigenvalue weighted by molar-refractivity contribution is 7.86. The Labute approximate surface area is 114 Å². The summed E-state index contributed by atoms with van der Waals surface area (Å²) in [6.07, 6.45) is 3.45. The Morgan fingerprint density at radius 1 is 0.833 bits per heavy atom. The first-order valence-corrected chi connectivity index (χ1v) is 9.34. The molecule has 6 nitrogen and oxygen atoms in total. The summed E-state index contributed by atoms with van der Waals surface area (Å²) < 4.78 is 56.6. The molecule has 2 N–H and O–H groups in total. The molecule has 0 unspecified atom stereocenters. The van der Waals surface area contributed by atoms with Gasteiger partial charge in [0.25, 0.3) is 20.2 Å². The van der Waals surface area contributed by atoms with Crippen molar-refractivity contribution < 1.29 is 25.9 Å². The Bertz CT molecular complexity index is 338. The minimum absolute atomic E-state index is 0.0964. The summed E-state index contributed by atoms with van der Waals surface area (Å²) in [6, 6.07) is 0. The van der Waals surface area contributed by atoms with Crippen LogP contribution in [0.25, 0.3) is 0 Å². The second-order valence-corrected chi connectivity index (χ2v) is 7.20. The summed E-state index contributed by atoms with van der Waals surface area (Å²) in [5.41, 5.74) is 0. The van der Waals surface area contributed by atoms with Crippen LogP contribution >= 0.6 is 11.6 Å². The predicted octanol–water partition coefficient (Wildman–Crippen LogP) is 1.96. The van der Waals surface area contributed by atoms with Gasteiger partial charge < -0.3 is 0 Å². The fourth-order valence-corrected chi connectivity index (χ4v) is 2.24. The molecule has 0 atom stereocenters. The van der Waals surface area contributed by atoms with E-state index in [1.165, 1.54) is 0 Å². The first-order valence-electron chi connectivity index (χ1n) is 5.58. The summed E-state index contributed by atoms with van der Waals surface area (Å²) >= 11 is 5.25. The lowest BCUT2D eigenvalue weighted by Gasteiger charge is -1.92. The molecule has 0 aliphatic heterocycles. The molecule has 0 aliphatic rings. The molecule has 0 radical (unpaired) electrons. The van der Waals surface area contributed by atoms with Crippen LogP contribution in [-0.4, -0.2) is 43.3 Å². The smallest absolute Gasteiger partial charge is 0.264 e. The van der Waals surface area contributed by atoms with E-state index in [1.807, 2.05) is 6.92 Å². The van der Waals surface area contributed by atoms with Crippen molar-refractivity contribution in [3.63, 3.8) is 0 Å². The average Bonchev–Trinajstić information content (AvgIpc) is 2.16. The lowest BCUT2D eigenvalue weighted by atomic mass is 10.3. The molecule has 9 heteroatoms. The van der Waals surface area contributed by atoms with Gasteiger partial charge >= 0.3 is 0 Å². The predicted molar refractivity (Wildman–Crippen MR) is 72.3 cm³/mol. The van der Waals surface area contributed by atoms with Crippen molar-refractivity contribution in [1.82, 2.24) is 0 Å².